The van der Waals surface area contributed by atoms with Crippen LogP contribution >= 0.6 is 0 Å². The zero-order chi connectivity index (χ0) is 12.3. The number of hydrogen-bond acceptors (Lipinski definition) is 1. The third kappa shape index (κ3) is 1.73. The summed E-state index contributed by atoms with van der Waals surface area (Å²) < 4.78 is 2.32. The van der Waals surface area contributed by atoms with Crippen LogP contribution in [0.1, 0.15) is 70.3 Å². The van der Waals surface area contributed by atoms with Crippen molar-refractivity contribution in [2.45, 2.75) is 77.2 Å². The minimum Gasteiger partial charge on any atom is -0.264 e. The van der Waals surface area contributed by atoms with Crippen molar-refractivity contribution in [2.24, 2.45) is 0 Å². The van der Waals surface area contributed by atoms with E-state index in [4.69, 9.17) is 5.10 Å². The lowest BCUT2D eigenvalue weighted by Crippen LogP contribution is -2.26. The fraction of sp³-hybridized carbons (Fsp3) is 0.800. The Bertz CT molecular complexity index is 414. The van der Waals surface area contributed by atoms with Gasteiger partial charge in [0.15, 0.2) is 0 Å². The van der Waals surface area contributed by atoms with Crippen molar-refractivity contribution in [3.63, 3.8) is 0 Å². The molecule has 0 radical (unpaired) electrons. The normalized spacial score (nSPS) is 22.4. The Morgan fingerprint density at radius 3 is 2.35 bits per heavy atom. The lowest BCUT2D eigenvalue weighted by molar-refractivity contribution is 0.337. The molecule has 1 aromatic rings. The average Bonchev–Trinajstić information content (AvgIpc) is 2.87. The smallest absolute Gasteiger partial charge is 0.0718 e. The summed E-state index contributed by atoms with van der Waals surface area (Å²) in [6, 6.07) is 0. The summed E-state index contributed by atoms with van der Waals surface area (Å²) in [4.78, 5) is 0. The molecule has 0 amide bonds. The molecule has 17 heavy (non-hydrogen) atoms. The first-order chi connectivity index (χ1) is 7.92. The summed E-state index contributed by atoms with van der Waals surface area (Å²) in [6.45, 7) is 9.20. The molecule has 0 aromatic carbocycles. The molecule has 0 N–H and O–H groups in total. The zero-order valence-corrected chi connectivity index (χ0v) is 11.6. The molecule has 2 heteroatoms. The summed E-state index contributed by atoms with van der Waals surface area (Å²) in [5.74, 6) is 0. The van der Waals surface area contributed by atoms with E-state index in [0.29, 0.717) is 5.41 Å². The number of nitrogens with zero attached hydrogens (tertiary/aromatic N) is 2. The number of hydrogen-bond donors (Lipinski definition) is 0. The van der Waals surface area contributed by atoms with E-state index in [0.717, 1.165) is 0 Å². The van der Waals surface area contributed by atoms with Crippen molar-refractivity contribution < 1.29 is 0 Å². The van der Waals surface area contributed by atoms with Crippen LogP contribution < -0.4 is 0 Å². The topological polar surface area (TPSA) is 17.8 Å². The summed E-state index contributed by atoms with van der Waals surface area (Å²) in [5, 5.41) is 5.01. The van der Waals surface area contributed by atoms with Gasteiger partial charge in [-0.1, -0.05) is 6.92 Å². The second-order valence-electron chi connectivity index (χ2n) is 7.12. The molecule has 1 saturated carbocycles. The van der Waals surface area contributed by atoms with Gasteiger partial charge in [0.2, 0.25) is 0 Å². The SMILES string of the molecule is CC1(c2nn(C(C)(C)C)c3c2CCCC3)CC1. The fourth-order valence-corrected chi connectivity index (χ4v) is 3.06. The van der Waals surface area contributed by atoms with Crippen molar-refractivity contribution in [1.82, 2.24) is 9.78 Å². The molecule has 0 spiro atoms. The van der Waals surface area contributed by atoms with Crippen LogP contribution in [0, 0.1) is 0 Å². The highest BCUT2D eigenvalue weighted by molar-refractivity contribution is 5.37. The molecule has 1 fully saturated rings. The van der Waals surface area contributed by atoms with Gasteiger partial charge in [-0.2, -0.15) is 5.10 Å². The van der Waals surface area contributed by atoms with Crippen molar-refractivity contribution in [1.29, 1.82) is 0 Å². The first kappa shape index (κ1) is 11.3. The van der Waals surface area contributed by atoms with Gasteiger partial charge in [0, 0.05) is 11.1 Å². The van der Waals surface area contributed by atoms with Crippen LogP contribution in [0.3, 0.4) is 0 Å². The lowest BCUT2D eigenvalue weighted by atomic mass is 9.90. The first-order valence-corrected chi connectivity index (χ1v) is 7.04. The minimum absolute atomic E-state index is 0.130. The molecule has 0 aliphatic heterocycles. The molecule has 0 saturated heterocycles. The second kappa shape index (κ2) is 3.37. The Hall–Kier alpha value is -0.790. The molecule has 94 valence electrons. The van der Waals surface area contributed by atoms with Crippen molar-refractivity contribution in [3.8, 4) is 0 Å². The maximum atomic E-state index is 5.01. The largest absolute Gasteiger partial charge is 0.264 e. The number of aromatic nitrogens is 2. The van der Waals surface area contributed by atoms with Gasteiger partial charge in [-0.15, -0.1) is 0 Å². The summed E-state index contributed by atoms with van der Waals surface area (Å²) in [7, 11) is 0. The van der Waals surface area contributed by atoms with Gasteiger partial charge < -0.3 is 0 Å². The fourth-order valence-electron chi connectivity index (χ4n) is 3.06. The van der Waals surface area contributed by atoms with Crippen LogP contribution in [0.15, 0.2) is 0 Å². The average molecular weight is 232 g/mol. The van der Waals surface area contributed by atoms with E-state index < -0.39 is 0 Å². The van der Waals surface area contributed by atoms with Gasteiger partial charge in [0.1, 0.15) is 0 Å². The molecule has 2 nitrogen and oxygen atoms in total. The quantitative estimate of drug-likeness (QED) is 0.724. The summed E-state index contributed by atoms with van der Waals surface area (Å²) in [6.07, 6.45) is 7.85. The van der Waals surface area contributed by atoms with Gasteiger partial charge in [-0.25, -0.2) is 0 Å². The van der Waals surface area contributed by atoms with E-state index >= 15 is 0 Å². The zero-order valence-electron chi connectivity index (χ0n) is 11.6. The molecular weight excluding hydrogens is 208 g/mol. The molecule has 1 heterocycles. The van der Waals surface area contributed by atoms with Crippen LogP contribution in [-0.2, 0) is 23.8 Å². The molecule has 2 aliphatic rings. The highest BCUT2D eigenvalue weighted by Crippen LogP contribution is 2.49. The van der Waals surface area contributed by atoms with E-state index in [1.807, 2.05) is 0 Å². The van der Waals surface area contributed by atoms with E-state index in [2.05, 4.69) is 32.4 Å². The monoisotopic (exact) mass is 232 g/mol. The van der Waals surface area contributed by atoms with E-state index in [1.54, 1.807) is 5.56 Å². The Morgan fingerprint density at radius 2 is 1.76 bits per heavy atom. The Labute approximate surface area is 104 Å². The van der Waals surface area contributed by atoms with Crippen molar-refractivity contribution in [3.05, 3.63) is 17.0 Å². The Kier molecular flexibility index (Phi) is 2.24. The molecule has 2 aliphatic carbocycles. The summed E-state index contributed by atoms with van der Waals surface area (Å²) >= 11 is 0. The van der Waals surface area contributed by atoms with Crippen molar-refractivity contribution in [2.75, 3.05) is 0 Å². The third-order valence-electron chi connectivity index (χ3n) is 4.39. The predicted octanol–water partition coefficient (Wildman–Crippen LogP) is 3.57. The predicted molar refractivity (Wildman–Crippen MR) is 70.5 cm³/mol. The first-order valence-electron chi connectivity index (χ1n) is 7.04. The van der Waals surface area contributed by atoms with E-state index in [1.165, 1.54) is 49.9 Å². The second-order valence-corrected chi connectivity index (χ2v) is 7.12. The maximum Gasteiger partial charge on any atom is 0.0718 e. The van der Waals surface area contributed by atoms with Gasteiger partial charge in [0.05, 0.1) is 11.2 Å². The van der Waals surface area contributed by atoms with Crippen LogP contribution in [0.4, 0.5) is 0 Å². The van der Waals surface area contributed by atoms with Crippen LogP contribution in [0.2, 0.25) is 0 Å². The minimum atomic E-state index is 0.130. The molecule has 0 unspecified atom stereocenters. The molecule has 3 rings (SSSR count). The number of fused-ring (bicyclic) bond motifs is 1. The molecule has 1 aromatic heterocycles. The van der Waals surface area contributed by atoms with Gasteiger partial charge in [-0.05, 0) is 64.9 Å². The molecular formula is C15H24N2. The van der Waals surface area contributed by atoms with Crippen LogP contribution in [0.5, 0.6) is 0 Å². The summed E-state index contributed by atoms with van der Waals surface area (Å²) in [5.41, 5.74) is 5.11. The van der Waals surface area contributed by atoms with Crippen LogP contribution in [0.25, 0.3) is 0 Å². The highest BCUT2D eigenvalue weighted by Gasteiger charge is 2.44. The number of rotatable bonds is 1. The van der Waals surface area contributed by atoms with Gasteiger partial charge >= 0.3 is 0 Å². The van der Waals surface area contributed by atoms with Gasteiger partial charge in [-0.3, -0.25) is 4.68 Å². The Morgan fingerprint density at radius 1 is 1.12 bits per heavy atom. The molecule has 0 atom stereocenters. The molecule has 0 bridgehead atoms. The van der Waals surface area contributed by atoms with Crippen LogP contribution in [-0.4, -0.2) is 9.78 Å². The maximum absolute atomic E-state index is 5.01. The van der Waals surface area contributed by atoms with E-state index in [9.17, 15) is 0 Å². The standard InChI is InChI=1S/C15H24N2/c1-14(2,3)17-12-8-6-5-7-11(12)13(16-17)15(4)9-10-15/h5-10H2,1-4H3. The van der Waals surface area contributed by atoms with Gasteiger partial charge in [0.25, 0.3) is 0 Å². The van der Waals surface area contributed by atoms with E-state index in [-0.39, 0.29) is 5.54 Å². The Balaban J connectivity index is 2.15. The third-order valence-corrected chi connectivity index (χ3v) is 4.39. The highest BCUT2D eigenvalue weighted by atomic mass is 15.3. The lowest BCUT2D eigenvalue weighted by Gasteiger charge is -2.24. The van der Waals surface area contributed by atoms with Crippen molar-refractivity contribution >= 4 is 0 Å².